The average Bonchev–Trinajstić information content (AvgIpc) is 3.14. The molecule has 1 atom stereocenters. The standard InChI is InChI=1S/C27H27N3O5/c1-27(2,3)23(25(32)33)30-24(31)22-21(13-8-14-28-22)29-26(34)35-15-20-18-11-6-4-9-16(18)17-10-5-7-12-19(17)20/h4-14,20,23H,15H2,1-3H3,(H,29,34)(H,30,31)(H,32,33)/t23-/m0/s1. The SMILES string of the molecule is CC(C)(C)[C@@H](NC(=O)c1ncccc1NC(=O)OCC1c2ccccc2-c2ccccc21)C(=O)O. The smallest absolute Gasteiger partial charge is 0.411 e. The molecule has 1 heterocycles. The van der Waals surface area contributed by atoms with Gasteiger partial charge in [0.05, 0.1) is 5.69 Å². The maximum atomic E-state index is 12.8. The van der Waals surface area contributed by atoms with Crippen molar-refractivity contribution in [3.05, 3.63) is 83.7 Å². The molecular formula is C27H27N3O5. The van der Waals surface area contributed by atoms with Crippen LogP contribution in [0, 0.1) is 5.41 Å². The predicted octanol–water partition coefficient (Wildman–Crippen LogP) is 4.67. The molecule has 0 saturated carbocycles. The number of carboxylic acids is 1. The van der Waals surface area contributed by atoms with Gasteiger partial charge in [0.25, 0.3) is 5.91 Å². The fourth-order valence-electron chi connectivity index (χ4n) is 4.28. The number of hydrogen-bond acceptors (Lipinski definition) is 5. The number of carbonyl (C=O) groups is 3. The second kappa shape index (κ2) is 9.58. The number of pyridine rings is 1. The number of aromatic nitrogens is 1. The summed E-state index contributed by atoms with van der Waals surface area (Å²) < 4.78 is 5.55. The molecule has 0 spiro atoms. The van der Waals surface area contributed by atoms with E-state index in [4.69, 9.17) is 4.74 Å². The molecule has 0 saturated heterocycles. The van der Waals surface area contributed by atoms with Gasteiger partial charge in [0.1, 0.15) is 12.6 Å². The molecule has 4 rings (SSSR count). The third kappa shape index (κ3) is 5.01. The van der Waals surface area contributed by atoms with Crippen molar-refractivity contribution in [1.82, 2.24) is 10.3 Å². The highest BCUT2D eigenvalue weighted by Gasteiger charge is 2.34. The third-order valence-corrected chi connectivity index (χ3v) is 5.99. The van der Waals surface area contributed by atoms with E-state index in [-0.39, 0.29) is 23.9 Å². The normalized spacial score (nSPS) is 13.3. The van der Waals surface area contributed by atoms with Crippen LogP contribution in [0.25, 0.3) is 11.1 Å². The van der Waals surface area contributed by atoms with E-state index in [0.29, 0.717) is 0 Å². The van der Waals surface area contributed by atoms with Crippen LogP contribution in [0.5, 0.6) is 0 Å². The molecule has 2 aromatic carbocycles. The van der Waals surface area contributed by atoms with E-state index in [1.807, 2.05) is 36.4 Å². The van der Waals surface area contributed by atoms with Crippen molar-refractivity contribution in [2.45, 2.75) is 32.7 Å². The largest absolute Gasteiger partial charge is 0.480 e. The van der Waals surface area contributed by atoms with Gasteiger partial charge in [-0.3, -0.25) is 10.1 Å². The first kappa shape index (κ1) is 23.9. The van der Waals surface area contributed by atoms with Crippen molar-refractivity contribution in [2.24, 2.45) is 5.41 Å². The van der Waals surface area contributed by atoms with Crippen molar-refractivity contribution in [2.75, 3.05) is 11.9 Å². The van der Waals surface area contributed by atoms with Crippen LogP contribution in [0.2, 0.25) is 0 Å². The van der Waals surface area contributed by atoms with Gasteiger partial charge in [0.2, 0.25) is 0 Å². The van der Waals surface area contributed by atoms with E-state index in [0.717, 1.165) is 22.3 Å². The van der Waals surface area contributed by atoms with Gasteiger partial charge < -0.3 is 15.2 Å². The van der Waals surface area contributed by atoms with Crippen molar-refractivity contribution in [3.8, 4) is 11.1 Å². The minimum Gasteiger partial charge on any atom is -0.480 e. The predicted molar refractivity (Wildman–Crippen MR) is 131 cm³/mol. The molecule has 0 aliphatic heterocycles. The molecule has 1 aromatic heterocycles. The van der Waals surface area contributed by atoms with E-state index in [1.165, 1.54) is 12.3 Å². The Labute approximate surface area is 203 Å². The summed E-state index contributed by atoms with van der Waals surface area (Å²) in [7, 11) is 0. The lowest BCUT2D eigenvalue weighted by Gasteiger charge is -2.27. The number of rotatable bonds is 6. The summed E-state index contributed by atoms with van der Waals surface area (Å²) in [5.41, 5.74) is 3.72. The third-order valence-electron chi connectivity index (χ3n) is 5.99. The Bertz CT molecular complexity index is 1240. The number of benzene rings is 2. The minimum atomic E-state index is -1.16. The van der Waals surface area contributed by atoms with Gasteiger partial charge in [-0.15, -0.1) is 0 Å². The minimum absolute atomic E-state index is 0.100. The van der Waals surface area contributed by atoms with Gasteiger partial charge in [-0.2, -0.15) is 0 Å². The molecule has 0 fully saturated rings. The first-order valence-electron chi connectivity index (χ1n) is 11.3. The van der Waals surface area contributed by atoms with Gasteiger partial charge in [0.15, 0.2) is 5.69 Å². The molecule has 8 heteroatoms. The van der Waals surface area contributed by atoms with Crippen molar-refractivity contribution < 1.29 is 24.2 Å². The molecule has 3 aromatic rings. The fraction of sp³-hybridized carbons (Fsp3) is 0.259. The van der Waals surface area contributed by atoms with Crippen LogP contribution in [0.4, 0.5) is 10.5 Å². The second-order valence-electron chi connectivity index (χ2n) is 9.46. The lowest BCUT2D eigenvalue weighted by Crippen LogP contribution is -2.49. The van der Waals surface area contributed by atoms with E-state index >= 15 is 0 Å². The molecule has 1 aliphatic rings. The number of carboxylic acid groups (broad SMARTS) is 1. The quantitative estimate of drug-likeness (QED) is 0.479. The summed E-state index contributed by atoms with van der Waals surface area (Å²) in [6.45, 7) is 5.24. The molecule has 1 aliphatic carbocycles. The Morgan fingerprint density at radius 3 is 2.14 bits per heavy atom. The number of anilines is 1. The Morgan fingerprint density at radius 1 is 0.971 bits per heavy atom. The number of nitrogens with zero attached hydrogens (tertiary/aromatic N) is 1. The average molecular weight is 474 g/mol. The summed E-state index contributed by atoms with van der Waals surface area (Å²) in [5, 5.41) is 14.6. The second-order valence-corrected chi connectivity index (χ2v) is 9.46. The van der Waals surface area contributed by atoms with Crippen molar-refractivity contribution >= 4 is 23.7 Å². The number of amides is 2. The number of ether oxygens (including phenoxy) is 1. The number of carbonyl (C=O) groups excluding carboxylic acids is 2. The number of aliphatic carboxylic acids is 1. The van der Waals surface area contributed by atoms with Crippen LogP contribution in [0.3, 0.4) is 0 Å². The molecule has 3 N–H and O–H groups in total. The zero-order chi connectivity index (χ0) is 25.2. The lowest BCUT2D eigenvalue weighted by molar-refractivity contribution is -0.142. The van der Waals surface area contributed by atoms with Gasteiger partial charge in [-0.25, -0.2) is 14.6 Å². The number of nitrogens with one attached hydrogen (secondary N) is 2. The molecule has 0 unspecified atom stereocenters. The first-order chi connectivity index (χ1) is 16.7. The molecule has 2 amide bonds. The van der Waals surface area contributed by atoms with Crippen LogP contribution in [0.1, 0.15) is 48.3 Å². The van der Waals surface area contributed by atoms with Crippen LogP contribution in [-0.2, 0) is 9.53 Å². The zero-order valence-corrected chi connectivity index (χ0v) is 19.7. The zero-order valence-electron chi connectivity index (χ0n) is 19.7. The summed E-state index contributed by atoms with van der Waals surface area (Å²) in [6.07, 6.45) is 0.657. The molecule has 0 radical (unpaired) electrons. The Balaban J connectivity index is 1.47. The van der Waals surface area contributed by atoms with E-state index in [1.54, 1.807) is 26.8 Å². The van der Waals surface area contributed by atoms with Gasteiger partial charge in [0, 0.05) is 12.1 Å². The highest BCUT2D eigenvalue weighted by molar-refractivity contribution is 6.02. The fourth-order valence-corrected chi connectivity index (χ4v) is 4.28. The summed E-state index contributed by atoms with van der Waals surface area (Å²) in [5.74, 6) is -1.97. The molecule has 35 heavy (non-hydrogen) atoms. The van der Waals surface area contributed by atoms with Crippen LogP contribution in [-0.4, -0.2) is 40.7 Å². The van der Waals surface area contributed by atoms with Gasteiger partial charge in [-0.05, 0) is 39.8 Å². The molecular weight excluding hydrogens is 446 g/mol. The van der Waals surface area contributed by atoms with Gasteiger partial charge >= 0.3 is 12.1 Å². The molecule has 0 bridgehead atoms. The van der Waals surface area contributed by atoms with Crippen molar-refractivity contribution in [3.63, 3.8) is 0 Å². The maximum Gasteiger partial charge on any atom is 0.411 e. The maximum absolute atomic E-state index is 12.8. The van der Waals surface area contributed by atoms with E-state index in [2.05, 4.69) is 27.8 Å². The lowest BCUT2D eigenvalue weighted by atomic mass is 9.86. The number of hydrogen-bond donors (Lipinski definition) is 3. The molecule has 8 nitrogen and oxygen atoms in total. The Hall–Kier alpha value is -4.20. The number of fused-ring (bicyclic) bond motifs is 3. The summed E-state index contributed by atoms with van der Waals surface area (Å²) in [4.78, 5) is 41.2. The van der Waals surface area contributed by atoms with Crippen molar-refractivity contribution in [1.29, 1.82) is 0 Å². The van der Waals surface area contributed by atoms with Crippen LogP contribution in [0.15, 0.2) is 66.9 Å². The highest BCUT2D eigenvalue weighted by atomic mass is 16.5. The monoisotopic (exact) mass is 473 g/mol. The first-order valence-corrected chi connectivity index (χ1v) is 11.3. The molecule has 180 valence electrons. The van der Waals surface area contributed by atoms with E-state index < -0.39 is 29.4 Å². The summed E-state index contributed by atoms with van der Waals surface area (Å²) in [6, 6.07) is 18.0. The van der Waals surface area contributed by atoms with E-state index in [9.17, 15) is 19.5 Å². The highest BCUT2D eigenvalue weighted by Crippen LogP contribution is 2.44. The summed E-state index contributed by atoms with van der Waals surface area (Å²) >= 11 is 0. The van der Waals surface area contributed by atoms with Crippen LogP contribution >= 0.6 is 0 Å². The topological polar surface area (TPSA) is 118 Å². The van der Waals surface area contributed by atoms with Gasteiger partial charge in [-0.1, -0.05) is 69.3 Å². The Morgan fingerprint density at radius 2 is 1.57 bits per heavy atom. The Kier molecular flexibility index (Phi) is 6.55. The van der Waals surface area contributed by atoms with Crippen LogP contribution < -0.4 is 10.6 Å².